The van der Waals surface area contributed by atoms with Crippen molar-refractivity contribution in [3.05, 3.63) is 12.4 Å². The van der Waals surface area contributed by atoms with Gasteiger partial charge in [0.25, 0.3) is 0 Å². The Morgan fingerprint density at radius 2 is 2.19 bits per heavy atom. The van der Waals surface area contributed by atoms with Crippen LogP contribution < -0.4 is 10.2 Å². The van der Waals surface area contributed by atoms with Crippen LogP contribution in [0.4, 0.5) is 11.6 Å². The van der Waals surface area contributed by atoms with Gasteiger partial charge in [0.15, 0.2) is 6.19 Å². The number of anilines is 2. The molecule has 84 valence electrons. The molecule has 2 rings (SSSR count). The third-order valence-corrected chi connectivity index (χ3v) is 2.85. The van der Waals surface area contributed by atoms with Crippen LogP contribution in [-0.2, 0) is 0 Å². The third kappa shape index (κ3) is 2.40. The van der Waals surface area contributed by atoms with Gasteiger partial charge in [0.1, 0.15) is 18.0 Å². The van der Waals surface area contributed by atoms with Gasteiger partial charge >= 0.3 is 0 Å². The predicted octanol–water partition coefficient (Wildman–Crippen LogP) is 1.75. The van der Waals surface area contributed by atoms with E-state index in [4.69, 9.17) is 5.26 Å². The fraction of sp³-hybridized carbons (Fsp3) is 0.545. The molecule has 0 unspecified atom stereocenters. The average Bonchev–Trinajstić information content (AvgIpc) is 2.81. The van der Waals surface area contributed by atoms with Gasteiger partial charge in [-0.2, -0.15) is 5.26 Å². The Kier molecular flexibility index (Phi) is 3.20. The highest BCUT2D eigenvalue weighted by molar-refractivity contribution is 5.50. The van der Waals surface area contributed by atoms with Crippen LogP contribution in [0, 0.1) is 11.5 Å². The summed E-state index contributed by atoms with van der Waals surface area (Å²) >= 11 is 0. The van der Waals surface area contributed by atoms with E-state index in [1.165, 1.54) is 36.9 Å². The molecular formula is C11H15N5. The van der Waals surface area contributed by atoms with Gasteiger partial charge < -0.3 is 5.32 Å². The smallest absolute Gasteiger partial charge is 0.185 e. The number of nitrogens with one attached hydrogen (secondary N) is 1. The molecule has 1 N–H and O–H groups in total. The van der Waals surface area contributed by atoms with E-state index in [1.807, 2.05) is 12.3 Å². The summed E-state index contributed by atoms with van der Waals surface area (Å²) in [6, 6.07) is 2.33. The number of hydrogen-bond acceptors (Lipinski definition) is 5. The molecule has 0 aliphatic heterocycles. The van der Waals surface area contributed by atoms with Crippen LogP contribution in [0.15, 0.2) is 12.4 Å². The Hall–Kier alpha value is -1.83. The lowest BCUT2D eigenvalue weighted by Crippen LogP contribution is -2.17. The van der Waals surface area contributed by atoms with Crippen LogP contribution in [0.1, 0.15) is 25.7 Å². The lowest BCUT2D eigenvalue weighted by molar-refractivity contribution is 0.749. The van der Waals surface area contributed by atoms with Crippen LogP contribution in [0.25, 0.3) is 0 Å². The van der Waals surface area contributed by atoms with Gasteiger partial charge in [0, 0.05) is 19.2 Å². The minimum Gasteiger partial charge on any atom is -0.367 e. The first-order valence-electron chi connectivity index (χ1n) is 5.51. The van der Waals surface area contributed by atoms with Crippen molar-refractivity contribution in [2.75, 3.05) is 17.3 Å². The first-order chi connectivity index (χ1) is 7.79. The standard InChI is InChI=1S/C11H15N5/c1-16(7-12)11-6-10(13-8-14-11)15-9-4-2-3-5-9/h6,8-9H,2-5H2,1H3,(H,13,14,15). The Morgan fingerprint density at radius 3 is 2.88 bits per heavy atom. The van der Waals surface area contributed by atoms with Gasteiger partial charge in [-0.1, -0.05) is 12.8 Å². The maximum absolute atomic E-state index is 8.76. The third-order valence-electron chi connectivity index (χ3n) is 2.85. The number of hydrogen-bond donors (Lipinski definition) is 1. The SMILES string of the molecule is CN(C#N)c1cc(NC2CCCC2)ncn1. The highest BCUT2D eigenvalue weighted by atomic mass is 15.2. The fourth-order valence-corrected chi connectivity index (χ4v) is 1.94. The van der Waals surface area contributed by atoms with Crippen molar-refractivity contribution >= 4 is 11.6 Å². The van der Waals surface area contributed by atoms with E-state index in [2.05, 4.69) is 15.3 Å². The van der Waals surface area contributed by atoms with Gasteiger partial charge in [-0.25, -0.2) is 9.97 Å². The summed E-state index contributed by atoms with van der Waals surface area (Å²) in [5.41, 5.74) is 0. The number of nitriles is 1. The van der Waals surface area contributed by atoms with E-state index in [9.17, 15) is 0 Å². The van der Waals surface area contributed by atoms with Gasteiger partial charge in [-0.15, -0.1) is 0 Å². The van der Waals surface area contributed by atoms with Gasteiger partial charge in [0.05, 0.1) is 0 Å². The number of nitrogens with zero attached hydrogens (tertiary/aromatic N) is 4. The van der Waals surface area contributed by atoms with Crippen LogP contribution >= 0.6 is 0 Å². The van der Waals surface area contributed by atoms with E-state index in [0.717, 1.165) is 5.82 Å². The van der Waals surface area contributed by atoms with Crippen molar-refractivity contribution < 1.29 is 0 Å². The molecule has 0 amide bonds. The normalized spacial score (nSPS) is 15.8. The van der Waals surface area contributed by atoms with Crippen molar-refractivity contribution in [1.82, 2.24) is 9.97 Å². The molecule has 1 aromatic rings. The van der Waals surface area contributed by atoms with Crippen LogP contribution in [0.3, 0.4) is 0 Å². The monoisotopic (exact) mass is 217 g/mol. The largest absolute Gasteiger partial charge is 0.367 e. The molecular weight excluding hydrogens is 202 g/mol. The quantitative estimate of drug-likeness (QED) is 0.617. The maximum atomic E-state index is 8.76. The Balaban J connectivity index is 2.07. The summed E-state index contributed by atoms with van der Waals surface area (Å²) < 4.78 is 0. The topological polar surface area (TPSA) is 64.8 Å². The Morgan fingerprint density at radius 1 is 1.44 bits per heavy atom. The molecule has 16 heavy (non-hydrogen) atoms. The van der Waals surface area contributed by atoms with Gasteiger partial charge in [0.2, 0.25) is 0 Å². The van der Waals surface area contributed by atoms with E-state index in [-0.39, 0.29) is 0 Å². The zero-order valence-electron chi connectivity index (χ0n) is 9.35. The lowest BCUT2D eigenvalue weighted by atomic mass is 10.2. The zero-order valence-corrected chi connectivity index (χ0v) is 9.35. The van der Waals surface area contributed by atoms with Crippen molar-refractivity contribution in [2.24, 2.45) is 0 Å². The maximum Gasteiger partial charge on any atom is 0.185 e. The minimum atomic E-state index is 0.523. The van der Waals surface area contributed by atoms with Crippen LogP contribution in [0.5, 0.6) is 0 Å². The second-order valence-corrected chi connectivity index (χ2v) is 4.05. The van der Waals surface area contributed by atoms with Crippen LogP contribution in [-0.4, -0.2) is 23.1 Å². The van der Waals surface area contributed by atoms with E-state index in [0.29, 0.717) is 11.9 Å². The molecule has 0 atom stereocenters. The summed E-state index contributed by atoms with van der Waals surface area (Å²) in [6.45, 7) is 0. The molecule has 1 saturated carbocycles. The summed E-state index contributed by atoms with van der Waals surface area (Å²) in [5.74, 6) is 1.43. The fourth-order valence-electron chi connectivity index (χ4n) is 1.94. The van der Waals surface area contributed by atoms with E-state index in [1.54, 1.807) is 7.05 Å². The average molecular weight is 217 g/mol. The van der Waals surface area contributed by atoms with Crippen molar-refractivity contribution in [1.29, 1.82) is 5.26 Å². The highest BCUT2D eigenvalue weighted by Crippen LogP contribution is 2.22. The summed E-state index contributed by atoms with van der Waals surface area (Å²) in [4.78, 5) is 9.62. The summed E-state index contributed by atoms with van der Waals surface area (Å²) in [5, 5.41) is 12.1. The van der Waals surface area contributed by atoms with E-state index >= 15 is 0 Å². The molecule has 5 nitrogen and oxygen atoms in total. The molecule has 0 bridgehead atoms. The second kappa shape index (κ2) is 4.79. The van der Waals surface area contributed by atoms with E-state index < -0.39 is 0 Å². The lowest BCUT2D eigenvalue weighted by Gasteiger charge is -2.14. The number of rotatable bonds is 3. The highest BCUT2D eigenvalue weighted by Gasteiger charge is 2.15. The minimum absolute atomic E-state index is 0.523. The summed E-state index contributed by atoms with van der Waals surface area (Å²) in [6.07, 6.45) is 8.48. The molecule has 1 heterocycles. The predicted molar refractivity (Wildman–Crippen MR) is 61.9 cm³/mol. The molecule has 0 saturated heterocycles. The summed E-state index contributed by atoms with van der Waals surface area (Å²) in [7, 11) is 1.68. The Bertz CT molecular complexity index is 392. The van der Waals surface area contributed by atoms with Crippen molar-refractivity contribution in [3.63, 3.8) is 0 Å². The zero-order chi connectivity index (χ0) is 11.4. The molecule has 0 aromatic carbocycles. The first-order valence-corrected chi connectivity index (χ1v) is 5.51. The van der Waals surface area contributed by atoms with Gasteiger partial charge in [-0.05, 0) is 12.8 Å². The van der Waals surface area contributed by atoms with Crippen molar-refractivity contribution in [2.45, 2.75) is 31.7 Å². The molecule has 5 heteroatoms. The second-order valence-electron chi connectivity index (χ2n) is 4.05. The molecule has 1 aromatic heterocycles. The van der Waals surface area contributed by atoms with Crippen molar-refractivity contribution in [3.8, 4) is 6.19 Å². The first kappa shape index (κ1) is 10.7. The number of aromatic nitrogens is 2. The van der Waals surface area contributed by atoms with Crippen LogP contribution in [0.2, 0.25) is 0 Å². The molecule has 1 aliphatic carbocycles. The molecule has 0 spiro atoms. The van der Waals surface area contributed by atoms with Gasteiger partial charge in [-0.3, -0.25) is 4.90 Å². The molecule has 1 fully saturated rings. The Labute approximate surface area is 95.1 Å². The molecule has 0 radical (unpaired) electrons. The molecule has 1 aliphatic rings.